The van der Waals surface area contributed by atoms with Crippen LogP contribution in [0.5, 0.6) is 0 Å². The van der Waals surface area contributed by atoms with Gasteiger partial charge < -0.3 is 21.6 Å². The Kier molecular flexibility index (Phi) is 9.37. The number of nitrogens with two attached hydrogens (primary N) is 2. The third-order valence-corrected chi connectivity index (χ3v) is 7.76. The van der Waals surface area contributed by atoms with E-state index in [0.717, 1.165) is 34.2 Å². The monoisotopic (exact) mass is 551 g/mol. The zero-order valence-corrected chi connectivity index (χ0v) is 21.8. The molecule has 184 valence electrons. The van der Waals surface area contributed by atoms with Crippen molar-refractivity contribution < 1.29 is 4.92 Å². The number of fused-ring (bicyclic) bond motifs is 1. The second-order valence-corrected chi connectivity index (χ2v) is 10.2. The highest BCUT2D eigenvalue weighted by Gasteiger charge is 2.16. The lowest BCUT2D eigenvalue weighted by atomic mass is 10.2. The molecule has 4 N–H and O–H groups in total. The molecule has 35 heavy (non-hydrogen) atoms. The molecule has 0 aliphatic rings. The van der Waals surface area contributed by atoms with Gasteiger partial charge in [0.05, 0.1) is 5.69 Å². The van der Waals surface area contributed by atoms with E-state index in [1.54, 1.807) is 29.6 Å². The Morgan fingerprint density at radius 3 is 2.54 bits per heavy atom. The summed E-state index contributed by atoms with van der Waals surface area (Å²) in [6.07, 6.45) is 3.98. The number of nitrogens with zero attached hydrogens (tertiary/aromatic N) is 7. The average Bonchev–Trinajstić information content (AvgIpc) is 3.22. The quantitative estimate of drug-likeness (QED) is 0.0945. The first-order valence-electron chi connectivity index (χ1n) is 10.1. The fourth-order valence-electron chi connectivity index (χ4n) is 2.98. The van der Waals surface area contributed by atoms with E-state index >= 15 is 0 Å². The molecule has 0 unspecified atom stereocenters. The highest BCUT2D eigenvalue weighted by Crippen LogP contribution is 2.29. The summed E-state index contributed by atoms with van der Waals surface area (Å²) in [5, 5.41) is 16.7. The number of nitro groups is 1. The smallest absolute Gasteiger partial charge is 0.368 e. The maximum absolute atomic E-state index is 11.1. The van der Waals surface area contributed by atoms with Crippen molar-refractivity contribution in [3.8, 4) is 0 Å². The molecule has 0 saturated heterocycles. The van der Waals surface area contributed by atoms with Crippen LogP contribution in [0.15, 0.2) is 51.7 Å². The summed E-state index contributed by atoms with van der Waals surface area (Å²) in [6.45, 7) is 2.06. The average molecular weight is 552 g/mol. The summed E-state index contributed by atoms with van der Waals surface area (Å²) in [5.41, 5.74) is 14.0. The molecule has 0 radical (unpaired) electrons. The molecule has 4 aromatic heterocycles. The van der Waals surface area contributed by atoms with E-state index in [1.807, 2.05) is 18.3 Å². The van der Waals surface area contributed by atoms with Gasteiger partial charge in [-0.05, 0) is 41.7 Å². The Hall–Kier alpha value is -2.81. The van der Waals surface area contributed by atoms with Crippen molar-refractivity contribution in [3.63, 3.8) is 0 Å². The van der Waals surface area contributed by atoms with Crippen LogP contribution in [0, 0.1) is 17.0 Å². The van der Waals surface area contributed by atoms with Crippen LogP contribution in [0.2, 0.25) is 0 Å². The van der Waals surface area contributed by atoms with E-state index in [1.165, 1.54) is 33.4 Å². The number of pyridine rings is 1. The van der Waals surface area contributed by atoms with Crippen molar-refractivity contribution in [2.45, 2.75) is 34.2 Å². The Labute approximate surface area is 219 Å². The first kappa shape index (κ1) is 26.8. The molecule has 0 fully saturated rings. The molecular formula is C20H22ClN9O2S3. The van der Waals surface area contributed by atoms with Gasteiger partial charge in [-0.2, -0.15) is 0 Å². The maximum atomic E-state index is 11.1. The Morgan fingerprint density at radius 2 is 1.80 bits per heavy atom. The molecule has 0 atom stereocenters. The van der Waals surface area contributed by atoms with E-state index in [-0.39, 0.29) is 18.2 Å². The topological polar surface area (TPSA) is 164 Å². The molecule has 0 aromatic carbocycles. The number of aromatic nitrogens is 6. The maximum Gasteiger partial charge on any atom is 0.368 e. The predicted octanol–water partition coefficient (Wildman–Crippen LogP) is 4.28. The lowest BCUT2D eigenvalue weighted by molar-refractivity contribution is -0.391. The lowest BCUT2D eigenvalue weighted by Gasteiger charge is -2.10. The van der Waals surface area contributed by atoms with Crippen molar-refractivity contribution >= 4 is 70.8 Å². The van der Waals surface area contributed by atoms with Crippen LogP contribution in [0.1, 0.15) is 17.7 Å². The van der Waals surface area contributed by atoms with Crippen LogP contribution in [0.4, 0.5) is 17.5 Å². The highest BCUT2D eigenvalue weighted by molar-refractivity contribution is 8.00. The van der Waals surface area contributed by atoms with Crippen molar-refractivity contribution in [3.05, 3.63) is 58.0 Å². The van der Waals surface area contributed by atoms with E-state index in [4.69, 9.17) is 11.5 Å². The van der Waals surface area contributed by atoms with Gasteiger partial charge in [-0.15, -0.1) is 35.9 Å². The third kappa shape index (κ3) is 6.87. The minimum absolute atomic E-state index is 0. The van der Waals surface area contributed by atoms with Crippen LogP contribution >= 0.6 is 47.7 Å². The minimum Gasteiger partial charge on any atom is -0.383 e. The summed E-state index contributed by atoms with van der Waals surface area (Å²) in [4.78, 5) is 28.7. The molecule has 4 aromatic rings. The standard InChI is InChI=1S/C20H21N9O2S3.ClH/c1-12-13(11-34-20-25-15(21)9-16(22)26-20)23-6-5-14(12)32-7-2-8-33-18-4-3-17-24-10-19(29(30)31)28(17)27-18;/h3-6,9-10H,2,7-8,11H2,1H3,(H4,21,22,25,26);1H. The molecule has 0 saturated carbocycles. The minimum atomic E-state index is -0.486. The molecule has 4 heterocycles. The number of hydrogen-bond donors (Lipinski definition) is 2. The highest BCUT2D eigenvalue weighted by atomic mass is 35.5. The van der Waals surface area contributed by atoms with Crippen LogP contribution in [0.25, 0.3) is 5.65 Å². The molecule has 4 rings (SSSR count). The number of rotatable bonds is 10. The fourth-order valence-corrected chi connectivity index (χ4v) is 5.86. The molecule has 0 bridgehead atoms. The van der Waals surface area contributed by atoms with Crippen LogP contribution < -0.4 is 11.5 Å². The van der Waals surface area contributed by atoms with Crippen molar-refractivity contribution in [1.29, 1.82) is 0 Å². The number of hydrogen-bond acceptors (Lipinski definition) is 12. The van der Waals surface area contributed by atoms with Crippen molar-refractivity contribution in [2.24, 2.45) is 0 Å². The first-order valence-corrected chi connectivity index (χ1v) is 13.1. The van der Waals surface area contributed by atoms with Crippen LogP contribution in [-0.4, -0.2) is 46.0 Å². The molecular weight excluding hydrogens is 530 g/mol. The first-order chi connectivity index (χ1) is 16.4. The molecule has 11 nitrogen and oxygen atoms in total. The summed E-state index contributed by atoms with van der Waals surface area (Å²) in [5.74, 6) is 2.94. The number of anilines is 2. The number of nitrogen functional groups attached to an aromatic ring is 2. The number of imidazole rings is 1. The largest absolute Gasteiger partial charge is 0.383 e. The van der Waals surface area contributed by atoms with Gasteiger partial charge in [0.25, 0.3) is 0 Å². The van der Waals surface area contributed by atoms with Gasteiger partial charge in [0, 0.05) is 34.7 Å². The van der Waals surface area contributed by atoms with Crippen LogP contribution in [-0.2, 0) is 5.75 Å². The fraction of sp³-hybridized carbons (Fsp3) is 0.250. The van der Waals surface area contributed by atoms with E-state index in [0.29, 0.717) is 28.2 Å². The van der Waals surface area contributed by atoms with Crippen molar-refractivity contribution in [2.75, 3.05) is 23.0 Å². The molecule has 15 heteroatoms. The van der Waals surface area contributed by atoms with Gasteiger partial charge in [0.2, 0.25) is 5.65 Å². The molecule has 0 aliphatic heterocycles. The van der Waals surface area contributed by atoms with Gasteiger partial charge in [0.1, 0.15) is 22.9 Å². The SMILES string of the molecule is Cc1c(SCCCSc2ccc3ncc([N+](=O)[O-])n3n2)ccnc1CSc1nc(N)cc(N)n1.Cl. The Balaban J connectivity index is 0.00000342. The summed E-state index contributed by atoms with van der Waals surface area (Å²) >= 11 is 4.78. The molecule has 0 spiro atoms. The van der Waals surface area contributed by atoms with E-state index in [9.17, 15) is 10.1 Å². The van der Waals surface area contributed by atoms with Gasteiger partial charge in [-0.1, -0.05) is 21.4 Å². The van der Waals surface area contributed by atoms with Crippen LogP contribution in [0.3, 0.4) is 0 Å². The normalized spacial score (nSPS) is 10.9. The summed E-state index contributed by atoms with van der Waals surface area (Å²) in [6, 6.07) is 7.11. The summed E-state index contributed by atoms with van der Waals surface area (Å²) in [7, 11) is 0. The second kappa shape index (κ2) is 12.2. The number of halogens is 1. The third-order valence-electron chi connectivity index (χ3n) is 4.65. The Bertz CT molecular complexity index is 1320. The predicted molar refractivity (Wildman–Crippen MR) is 142 cm³/mol. The lowest BCUT2D eigenvalue weighted by Crippen LogP contribution is -2.00. The molecule has 0 amide bonds. The van der Waals surface area contributed by atoms with Gasteiger partial charge in [-0.3, -0.25) is 4.98 Å². The zero-order chi connectivity index (χ0) is 24.1. The zero-order valence-electron chi connectivity index (χ0n) is 18.5. The van der Waals surface area contributed by atoms with E-state index in [2.05, 4.69) is 32.0 Å². The van der Waals surface area contributed by atoms with E-state index < -0.39 is 4.92 Å². The van der Waals surface area contributed by atoms with Gasteiger partial charge in [0.15, 0.2) is 5.16 Å². The number of thioether (sulfide) groups is 3. The summed E-state index contributed by atoms with van der Waals surface area (Å²) < 4.78 is 1.26. The van der Waals surface area contributed by atoms with Gasteiger partial charge in [-0.25, -0.2) is 15.0 Å². The van der Waals surface area contributed by atoms with Gasteiger partial charge >= 0.3 is 5.82 Å². The van der Waals surface area contributed by atoms with Crippen molar-refractivity contribution in [1.82, 2.24) is 29.5 Å². The molecule has 0 aliphatic carbocycles. The Morgan fingerprint density at radius 1 is 1.06 bits per heavy atom. The second-order valence-electron chi connectivity index (χ2n) is 7.04.